The molecule has 0 bridgehead atoms. The lowest BCUT2D eigenvalue weighted by molar-refractivity contribution is 0.590. The van der Waals surface area contributed by atoms with Crippen LogP contribution in [0, 0.1) is 12.8 Å². The van der Waals surface area contributed by atoms with Crippen molar-refractivity contribution >= 4 is 51.0 Å². The highest BCUT2D eigenvalue weighted by atomic mass is 127. The average molecular weight is 466 g/mol. The molecule has 0 radical (unpaired) electrons. The van der Waals surface area contributed by atoms with Crippen molar-refractivity contribution in [2.45, 2.75) is 12.5 Å². The predicted molar refractivity (Wildman–Crippen MR) is 88.8 cm³/mol. The summed E-state index contributed by atoms with van der Waals surface area (Å²) >= 11 is 4.48. The molecule has 1 atom stereocenters. The zero-order valence-corrected chi connectivity index (χ0v) is 13.8. The molecule has 1 heterocycles. The smallest absolute Gasteiger partial charge is 0.132 e. The van der Waals surface area contributed by atoms with Crippen LogP contribution in [0.3, 0.4) is 0 Å². The van der Waals surface area contributed by atoms with Gasteiger partial charge >= 0.3 is 0 Å². The van der Waals surface area contributed by atoms with E-state index >= 15 is 0 Å². The van der Waals surface area contributed by atoms with Gasteiger partial charge in [-0.05, 0) is 50.7 Å². The van der Waals surface area contributed by atoms with Gasteiger partial charge in [0.2, 0.25) is 0 Å². The number of amidine groups is 1. The van der Waals surface area contributed by atoms with Crippen LogP contribution in [-0.2, 0) is 0 Å². The fraction of sp³-hybridized carbons (Fsp3) is 0.167. The molecule has 0 saturated carbocycles. The fourth-order valence-electron chi connectivity index (χ4n) is 1.80. The molecular weight excluding hydrogens is 454 g/mol. The lowest BCUT2D eigenvalue weighted by Crippen LogP contribution is -2.20. The normalized spacial score (nSPS) is 12.3. The number of rotatable bonds is 4. The minimum Gasteiger partial charge on any atom is -0.388 e. The van der Waals surface area contributed by atoms with Gasteiger partial charge in [-0.3, -0.25) is 5.41 Å². The third kappa shape index (κ3) is 3.02. The van der Waals surface area contributed by atoms with Crippen LogP contribution in [0.4, 0.5) is 0 Å². The third-order valence-electron chi connectivity index (χ3n) is 2.63. The van der Waals surface area contributed by atoms with E-state index in [-0.39, 0.29) is 11.9 Å². The molecule has 2 rings (SSSR count). The molecule has 0 fully saturated rings. The summed E-state index contributed by atoms with van der Waals surface area (Å²) in [5.74, 6) is 0.184. The molecule has 94 valence electrons. The Kier molecular flexibility index (Phi) is 4.60. The molecule has 2 aromatic rings. The molecule has 6 heteroatoms. The number of benzene rings is 1. The summed E-state index contributed by atoms with van der Waals surface area (Å²) in [6, 6.07) is 10.1. The lowest BCUT2D eigenvalue weighted by Gasteiger charge is -2.19. The van der Waals surface area contributed by atoms with E-state index in [1.165, 1.54) is 0 Å². The average Bonchev–Trinajstić information content (AvgIpc) is 2.68. The lowest BCUT2D eigenvalue weighted by atomic mass is 10.0. The number of imidazole rings is 1. The van der Waals surface area contributed by atoms with E-state index in [1.54, 1.807) is 0 Å². The Morgan fingerprint density at radius 3 is 2.50 bits per heavy atom. The second kappa shape index (κ2) is 6.00. The Morgan fingerprint density at radius 1 is 1.33 bits per heavy atom. The first-order valence-corrected chi connectivity index (χ1v) is 7.51. The van der Waals surface area contributed by atoms with Crippen LogP contribution in [0.5, 0.6) is 0 Å². The summed E-state index contributed by atoms with van der Waals surface area (Å²) in [5, 5.41) is 7.54. The second-order valence-corrected chi connectivity index (χ2v) is 5.93. The molecule has 1 aromatic carbocycles. The second-order valence-electron chi connectivity index (χ2n) is 3.89. The maximum absolute atomic E-state index is 7.54. The van der Waals surface area contributed by atoms with Crippen LogP contribution in [0.15, 0.2) is 36.7 Å². The number of aromatic nitrogens is 2. The molecule has 1 aromatic heterocycles. The van der Waals surface area contributed by atoms with Gasteiger partial charge < -0.3 is 10.3 Å². The Hall–Kier alpha value is -0.640. The Labute approximate surface area is 133 Å². The van der Waals surface area contributed by atoms with Gasteiger partial charge in [0.25, 0.3) is 0 Å². The molecule has 0 aliphatic rings. The minimum atomic E-state index is 0.0339. The summed E-state index contributed by atoms with van der Waals surface area (Å²) < 4.78 is 4.11. The van der Waals surface area contributed by atoms with E-state index in [4.69, 9.17) is 11.1 Å². The topological polar surface area (TPSA) is 67.7 Å². The largest absolute Gasteiger partial charge is 0.388 e. The zero-order valence-electron chi connectivity index (χ0n) is 9.48. The zero-order chi connectivity index (χ0) is 13.1. The van der Waals surface area contributed by atoms with E-state index in [0.717, 1.165) is 13.0 Å². The summed E-state index contributed by atoms with van der Waals surface area (Å²) in [5.41, 5.74) is 6.71. The summed E-state index contributed by atoms with van der Waals surface area (Å²) in [7, 11) is 0. The summed E-state index contributed by atoms with van der Waals surface area (Å²) in [6.45, 7) is 0. The van der Waals surface area contributed by atoms with E-state index in [1.807, 2.05) is 24.5 Å². The van der Waals surface area contributed by atoms with Crippen LogP contribution >= 0.6 is 45.2 Å². The van der Waals surface area contributed by atoms with Gasteiger partial charge in [0.05, 0.1) is 18.2 Å². The molecule has 1 unspecified atom stereocenters. The molecule has 0 saturated heterocycles. The molecule has 0 aliphatic heterocycles. The van der Waals surface area contributed by atoms with Gasteiger partial charge in [0.15, 0.2) is 0 Å². The fourth-order valence-corrected chi connectivity index (χ4v) is 2.80. The first kappa shape index (κ1) is 13.8. The Morgan fingerprint density at radius 2 is 2.00 bits per heavy atom. The van der Waals surface area contributed by atoms with Gasteiger partial charge in [-0.15, -0.1) is 0 Å². The number of nitrogens with two attached hydrogens (primary N) is 1. The number of nitrogens with one attached hydrogen (secondary N) is 1. The SMILES string of the molecule is N=C(N)CC(c1ccccc1)n1cnc(I)c1I. The van der Waals surface area contributed by atoms with Crippen molar-refractivity contribution in [3.63, 3.8) is 0 Å². The van der Waals surface area contributed by atoms with Gasteiger partial charge in [0.1, 0.15) is 7.40 Å². The van der Waals surface area contributed by atoms with E-state index in [2.05, 4.69) is 66.9 Å². The Bertz CT molecular complexity index is 550. The first-order valence-electron chi connectivity index (χ1n) is 5.35. The third-order valence-corrected chi connectivity index (χ3v) is 5.52. The number of hydrogen-bond acceptors (Lipinski definition) is 2. The predicted octanol–water partition coefficient (Wildman–Crippen LogP) is 3.01. The van der Waals surface area contributed by atoms with Crippen LogP contribution in [0.1, 0.15) is 18.0 Å². The highest BCUT2D eigenvalue weighted by Crippen LogP contribution is 2.26. The van der Waals surface area contributed by atoms with E-state index in [9.17, 15) is 0 Å². The minimum absolute atomic E-state index is 0.0339. The van der Waals surface area contributed by atoms with Crippen LogP contribution in [0.25, 0.3) is 0 Å². The molecule has 0 spiro atoms. The monoisotopic (exact) mass is 466 g/mol. The summed E-state index contributed by atoms with van der Waals surface area (Å²) in [4.78, 5) is 4.30. The van der Waals surface area contributed by atoms with E-state index < -0.39 is 0 Å². The van der Waals surface area contributed by atoms with Crippen molar-refractivity contribution in [2.75, 3.05) is 0 Å². The molecular formula is C12H12I2N4. The van der Waals surface area contributed by atoms with Gasteiger partial charge in [0, 0.05) is 6.42 Å². The highest BCUT2D eigenvalue weighted by Gasteiger charge is 2.18. The maximum atomic E-state index is 7.54. The van der Waals surface area contributed by atoms with Crippen molar-refractivity contribution in [3.8, 4) is 0 Å². The highest BCUT2D eigenvalue weighted by molar-refractivity contribution is 14.1. The molecule has 0 amide bonds. The number of nitrogens with zero attached hydrogens (tertiary/aromatic N) is 2. The Balaban J connectivity index is 2.43. The number of halogens is 2. The van der Waals surface area contributed by atoms with Crippen molar-refractivity contribution in [1.82, 2.24) is 9.55 Å². The van der Waals surface area contributed by atoms with E-state index in [0.29, 0.717) is 6.42 Å². The molecule has 3 N–H and O–H groups in total. The number of hydrogen-bond donors (Lipinski definition) is 2. The van der Waals surface area contributed by atoms with Gasteiger partial charge in [-0.1, -0.05) is 30.3 Å². The summed E-state index contributed by atoms with van der Waals surface area (Å²) in [6.07, 6.45) is 2.30. The molecule has 0 aliphatic carbocycles. The quantitative estimate of drug-likeness (QED) is 0.414. The van der Waals surface area contributed by atoms with Gasteiger partial charge in [-0.25, -0.2) is 4.98 Å². The molecule has 4 nitrogen and oxygen atoms in total. The van der Waals surface area contributed by atoms with Crippen molar-refractivity contribution in [2.24, 2.45) is 5.73 Å². The van der Waals surface area contributed by atoms with Crippen molar-refractivity contribution in [3.05, 3.63) is 49.6 Å². The van der Waals surface area contributed by atoms with Crippen LogP contribution in [-0.4, -0.2) is 15.4 Å². The van der Waals surface area contributed by atoms with Crippen molar-refractivity contribution < 1.29 is 0 Å². The maximum Gasteiger partial charge on any atom is 0.132 e. The van der Waals surface area contributed by atoms with Crippen molar-refractivity contribution in [1.29, 1.82) is 5.41 Å². The molecule has 18 heavy (non-hydrogen) atoms. The van der Waals surface area contributed by atoms with Gasteiger partial charge in [-0.2, -0.15) is 0 Å². The van der Waals surface area contributed by atoms with Crippen LogP contribution < -0.4 is 5.73 Å². The first-order chi connectivity index (χ1) is 8.59. The van der Waals surface area contributed by atoms with Crippen LogP contribution in [0.2, 0.25) is 0 Å². The standard InChI is InChI=1S/C12H12I2N4/c13-11-12(14)18(7-17-11)9(6-10(15)16)8-4-2-1-3-5-8/h1-5,7,9H,6H2,(H3,15,16).